The fourth-order valence-corrected chi connectivity index (χ4v) is 2.13. The summed E-state index contributed by atoms with van der Waals surface area (Å²) in [5, 5.41) is 0. The largest absolute Gasteiger partial charge is 0.744 e. The number of para-hydroxylation sites is 2. The van der Waals surface area contributed by atoms with Crippen LogP contribution in [-0.2, 0) is 10.1 Å². The minimum Gasteiger partial charge on any atom is -0.744 e. The molecule has 0 aliphatic rings. The number of aryl methyl sites for hydroxylation is 1. The van der Waals surface area contributed by atoms with Crippen molar-refractivity contribution in [3.8, 4) is 11.5 Å². The van der Waals surface area contributed by atoms with E-state index in [1.54, 1.807) is 18.2 Å². The van der Waals surface area contributed by atoms with Crippen LogP contribution in [0.5, 0.6) is 11.5 Å². The molecule has 0 atom stereocenters. The van der Waals surface area contributed by atoms with Crippen molar-refractivity contribution >= 4 is 10.1 Å². The molecule has 0 spiro atoms. The van der Waals surface area contributed by atoms with E-state index in [0.29, 0.717) is 5.75 Å². The molecule has 0 aliphatic heterocycles. The minimum absolute atomic E-state index is 0.0433. The van der Waals surface area contributed by atoms with Crippen LogP contribution in [0.4, 0.5) is 0 Å². The standard InChI is InChI=1S/C13H12O4S.C2H7N/c1-10-6-2-3-7-11(10)17-12-8-4-5-9-13(12)18(14,15)16;1-2-3/h2-9H,1H3,(H,14,15,16);2-3H2,1H3. The summed E-state index contributed by atoms with van der Waals surface area (Å²) in [5.41, 5.74) is 4.34. The van der Waals surface area contributed by atoms with Crippen molar-refractivity contribution in [1.82, 2.24) is 0 Å². The van der Waals surface area contributed by atoms with E-state index in [9.17, 15) is 13.0 Å². The molecule has 2 aromatic carbocycles. The van der Waals surface area contributed by atoms with Gasteiger partial charge in [0.25, 0.3) is 0 Å². The van der Waals surface area contributed by atoms with E-state index in [-0.39, 0.29) is 10.6 Å². The van der Waals surface area contributed by atoms with Crippen LogP contribution in [0.25, 0.3) is 0 Å². The smallest absolute Gasteiger partial charge is 0.144 e. The first-order valence-electron chi connectivity index (χ1n) is 6.47. The summed E-state index contributed by atoms with van der Waals surface area (Å²) in [6.45, 7) is 4.85. The molecule has 2 rings (SSSR count). The predicted molar refractivity (Wildman–Crippen MR) is 79.1 cm³/mol. The molecule has 0 fully saturated rings. The van der Waals surface area contributed by atoms with Crippen LogP contribution < -0.4 is 10.5 Å². The number of hydrogen-bond donors (Lipinski definition) is 1. The monoisotopic (exact) mass is 309 g/mol. The van der Waals surface area contributed by atoms with Crippen LogP contribution in [0, 0.1) is 6.92 Å². The quantitative estimate of drug-likeness (QED) is 0.877. The third kappa shape index (κ3) is 5.18. The molecule has 3 N–H and O–H groups in total. The van der Waals surface area contributed by atoms with Crippen molar-refractivity contribution in [1.29, 1.82) is 0 Å². The summed E-state index contributed by atoms with van der Waals surface area (Å²) >= 11 is 0. The average molecular weight is 309 g/mol. The molecule has 0 saturated carbocycles. The van der Waals surface area contributed by atoms with Crippen molar-refractivity contribution in [3.05, 3.63) is 54.1 Å². The number of hydrogen-bond acceptors (Lipinski definition) is 4. The molecule has 0 amide bonds. The van der Waals surface area contributed by atoms with Crippen LogP contribution >= 0.6 is 0 Å². The summed E-state index contributed by atoms with van der Waals surface area (Å²) in [5.74, 6) is 0.565. The summed E-state index contributed by atoms with van der Waals surface area (Å²) in [7, 11) is -4.54. The molecule has 0 unspecified atom stereocenters. The van der Waals surface area contributed by atoms with E-state index in [4.69, 9.17) is 4.74 Å². The molecule has 0 aromatic heterocycles. The first-order chi connectivity index (χ1) is 9.90. The second kappa shape index (κ2) is 7.78. The first-order valence-corrected chi connectivity index (χ1v) is 7.88. The second-order valence-electron chi connectivity index (χ2n) is 4.27. The molecule has 0 heterocycles. The zero-order chi connectivity index (χ0) is 15.9. The maximum atomic E-state index is 11.1. The molecule has 0 aliphatic carbocycles. The molecule has 21 heavy (non-hydrogen) atoms. The zero-order valence-electron chi connectivity index (χ0n) is 12.1. The number of ether oxygens (including phenoxy) is 1. The Bertz CT molecular complexity index is 684. The highest BCUT2D eigenvalue weighted by molar-refractivity contribution is 7.85. The van der Waals surface area contributed by atoms with Gasteiger partial charge in [-0.05, 0) is 37.6 Å². The van der Waals surface area contributed by atoms with Gasteiger partial charge in [-0.2, -0.15) is 0 Å². The Balaban J connectivity index is 0.000000677. The fraction of sp³-hybridized carbons (Fsp3) is 0.200. The first kappa shape index (κ1) is 17.2. The Morgan fingerprint density at radius 1 is 1.05 bits per heavy atom. The molecule has 0 bridgehead atoms. The Morgan fingerprint density at radius 3 is 2.05 bits per heavy atom. The van der Waals surface area contributed by atoms with Crippen LogP contribution in [0.1, 0.15) is 12.5 Å². The van der Waals surface area contributed by atoms with Crippen LogP contribution in [0.15, 0.2) is 53.4 Å². The SMILES string of the molecule is CC[NH3+].Cc1ccccc1Oc1ccccc1S(=O)(=O)[O-]. The highest BCUT2D eigenvalue weighted by Crippen LogP contribution is 2.29. The van der Waals surface area contributed by atoms with Gasteiger partial charge in [0, 0.05) is 0 Å². The molecular weight excluding hydrogens is 290 g/mol. The summed E-state index contributed by atoms with van der Waals surface area (Å²) in [6, 6.07) is 13.0. The van der Waals surface area contributed by atoms with Gasteiger partial charge in [-0.15, -0.1) is 0 Å². The maximum absolute atomic E-state index is 11.1. The van der Waals surface area contributed by atoms with Gasteiger partial charge in [0.2, 0.25) is 0 Å². The number of rotatable bonds is 3. The summed E-state index contributed by atoms with van der Waals surface area (Å²) in [4.78, 5) is -0.353. The molecular formula is C15H19NO4S. The lowest BCUT2D eigenvalue weighted by Gasteiger charge is -2.14. The summed E-state index contributed by atoms with van der Waals surface area (Å²) in [6.07, 6.45) is 0. The third-order valence-electron chi connectivity index (χ3n) is 2.43. The lowest BCUT2D eigenvalue weighted by atomic mass is 10.2. The Hall–Kier alpha value is -1.89. The molecule has 114 valence electrons. The molecule has 0 saturated heterocycles. The van der Waals surface area contributed by atoms with Gasteiger partial charge >= 0.3 is 0 Å². The van der Waals surface area contributed by atoms with Gasteiger partial charge in [-0.25, -0.2) is 8.42 Å². The normalized spacial score (nSPS) is 10.5. The topological polar surface area (TPSA) is 94.1 Å². The molecule has 6 heteroatoms. The number of benzene rings is 2. The second-order valence-corrected chi connectivity index (χ2v) is 5.62. The Morgan fingerprint density at radius 2 is 1.52 bits per heavy atom. The van der Waals surface area contributed by atoms with Gasteiger partial charge in [0.1, 0.15) is 21.6 Å². The molecule has 0 radical (unpaired) electrons. The lowest BCUT2D eigenvalue weighted by molar-refractivity contribution is -0.361. The van der Waals surface area contributed by atoms with Gasteiger partial charge < -0.3 is 15.0 Å². The zero-order valence-corrected chi connectivity index (χ0v) is 12.9. The Kier molecular flexibility index (Phi) is 6.36. The van der Waals surface area contributed by atoms with Gasteiger partial charge in [-0.3, -0.25) is 0 Å². The predicted octanol–water partition coefficient (Wildman–Crippen LogP) is 1.94. The van der Waals surface area contributed by atoms with Crippen molar-refractivity contribution in [2.75, 3.05) is 6.54 Å². The minimum atomic E-state index is -4.54. The lowest BCUT2D eigenvalue weighted by Crippen LogP contribution is -2.48. The van der Waals surface area contributed by atoms with Crippen molar-refractivity contribution in [2.24, 2.45) is 0 Å². The van der Waals surface area contributed by atoms with Gasteiger partial charge in [0.15, 0.2) is 0 Å². The molecule has 5 nitrogen and oxygen atoms in total. The van der Waals surface area contributed by atoms with E-state index < -0.39 is 10.1 Å². The maximum Gasteiger partial charge on any atom is 0.144 e. The van der Waals surface area contributed by atoms with Crippen LogP contribution in [-0.4, -0.2) is 19.5 Å². The molecule has 2 aromatic rings. The van der Waals surface area contributed by atoms with E-state index >= 15 is 0 Å². The highest BCUT2D eigenvalue weighted by Gasteiger charge is 2.10. The average Bonchev–Trinajstić information content (AvgIpc) is 2.42. The van der Waals surface area contributed by atoms with Crippen molar-refractivity contribution < 1.29 is 23.4 Å². The van der Waals surface area contributed by atoms with E-state index in [2.05, 4.69) is 5.73 Å². The fourth-order valence-electron chi connectivity index (χ4n) is 1.53. The van der Waals surface area contributed by atoms with E-state index in [1.807, 2.05) is 26.0 Å². The summed E-state index contributed by atoms with van der Waals surface area (Å²) < 4.78 is 38.8. The van der Waals surface area contributed by atoms with Crippen LogP contribution in [0.2, 0.25) is 0 Å². The number of quaternary nitrogens is 1. The van der Waals surface area contributed by atoms with Crippen molar-refractivity contribution in [3.63, 3.8) is 0 Å². The third-order valence-corrected chi connectivity index (χ3v) is 3.31. The van der Waals surface area contributed by atoms with E-state index in [0.717, 1.165) is 12.1 Å². The van der Waals surface area contributed by atoms with Gasteiger partial charge in [0.05, 0.1) is 11.4 Å². The van der Waals surface area contributed by atoms with E-state index in [1.165, 1.54) is 18.2 Å². The Labute approximate surface area is 125 Å². The van der Waals surface area contributed by atoms with Gasteiger partial charge in [-0.1, -0.05) is 30.3 Å². The highest BCUT2D eigenvalue weighted by atomic mass is 32.2. The van der Waals surface area contributed by atoms with Crippen molar-refractivity contribution in [2.45, 2.75) is 18.7 Å². The van der Waals surface area contributed by atoms with Crippen LogP contribution in [0.3, 0.4) is 0 Å².